The van der Waals surface area contributed by atoms with Crippen molar-refractivity contribution in [1.29, 1.82) is 0 Å². The van der Waals surface area contributed by atoms with Crippen LogP contribution in [0, 0.1) is 11.5 Å². The number of allylic oxidation sites excluding steroid dienone is 1. The maximum atomic E-state index is 4.10. The van der Waals surface area contributed by atoms with Crippen LogP contribution in [0.3, 0.4) is 0 Å². The largest absolute Gasteiger partial charge is 0.132 e. The Morgan fingerprint density at radius 1 is 1.13 bits per heavy atom. The van der Waals surface area contributed by atoms with E-state index < -0.39 is 8.07 Å². The molecule has 0 aromatic heterocycles. The monoisotopic (exact) mass is 222 g/mol. The highest BCUT2D eigenvalue weighted by molar-refractivity contribution is 6.83. The summed E-state index contributed by atoms with van der Waals surface area (Å²) in [5.74, 6) is 3.30. The van der Waals surface area contributed by atoms with Crippen molar-refractivity contribution < 1.29 is 0 Å². The van der Waals surface area contributed by atoms with E-state index in [1.54, 1.807) is 0 Å². The van der Waals surface area contributed by atoms with Crippen LogP contribution in [0.25, 0.3) is 0 Å². The van der Waals surface area contributed by atoms with E-state index >= 15 is 0 Å². The Morgan fingerprint density at radius 3 is 2.33 bits per heavy atom. The molecule has 0 atom stereocenters. The van der Waals surface area contributed by atoms with Crippen molar-refractivity contribution in [3.63, 3.8) is 0 Å². The van der Waals surface area contributed by atoms with Crippen molar-refractivity contribution in [3.8, 4) is 11.5 Å². The molecule has 0 aromatic rings. The van der Waals surface area contributed by atoms with Gasteiger partial charge in [-0.05, 0) is 19.3 Å². The lowest BCUT2D eigenvalue weighted by molar-refractivity contribution is 0.699. The van der Waals surface area contributed by atoms with Gasteiger partial charge < -0.3 is 0 Å². The highest BCUT2D eigenvalue weighted by atomic mass is 28.3. The van der Waals surface area contributed by atoms with Crippen molar-refractivity contribution in [2.75, 3.05) is 0 Å². The third-order valence-corrected chi connectivity index (χ3v) is 3.13. The molecule has 0 heterocycles. The number of rotatable bonds is 6. The van der Waals surface area contributed by atoms with Crippen molar-refractivity contribution in [2.24, 2.45) is 0 Å². The van der Waals surface area contributed by atoms with Crippen molar-refractivity contribution in [3.05, 3.63) is 12.2 Å². The average molecular weight is 222 g/mol. The molecule has 1 heteroatoms. The maximum absolute atomic E-state index is 4.10. The fraction of sp³-hybridized carbons (Fsp3) is 0.714. The van der Waals surface area contributed by atoms with Gasteiger partial charge in [0.2, 0.25) is 0 Å². The zero-order valence-corrected chi connectivity index (χ0v) is 11.9. The van der Waals surface area contributed by atoms with Gasteiger partial charge >= 0.3 is 0 Å². The number of hydrogen-bond donors (Lipinski definition) is 0. The van der Waals surface area contributed by atoms with Gasteiger partial charge in [-0.25, -0.2) is 0 Å². The lowest BCUT2D eigenvalue weighted by Crippen LogP contribution is -2.16. The maximum Gasteiger partial charge on any atom is 0.129 e. The molecule has 0 unspecified atom stereocenters. The van der Waals surface area contributed by atoms with Gasteiger partial charge in [-0.15, -0.1) is 11.5 Å². The Kier molecular flexibility index (Phi) is 7.51. The van der Waals surface area contributed by atoms with Crippen LogP contribution in [0.2, 0.25) is 19.6 Å². The van der Waals surface area contributed by atoms with Crippen LogP contribution >= 0.6 is 0 Å². The fourth-order valence-electron chi connectivity index (χ4n) is 1.32. The lowest BCUT2D eigenvalue weighted by Gasteiger charge is -2.04. The van der Waals surface area contributed by atoms with Gasteiger partial charge in [0.05, 0.1) is 0 Å². The van der Waals surface area contributed by atoms with Gasteiger partial charge in [0, 0.05) is 6.42 Å². The topological polar surface area (TPSA) is 0 Å². The first-order valence-electron chi connectivity index (χ1n) is 6.12. The number of unbranched alkanes of at least 4 members (excludes halogenated alkanes) is 2. The molecule has 15 heavy (non-hydrogen) atoms. The fourth-order valence-corrected chi connectivity index (χ4v) is 1.97. The summed E-state index contributed by atoms with van der Waals surface area (Å²) in [7, 11) is -1.15. The molecule has 0 spiro atoms. The van der Waals surface area contributed by atoms with Crippen LogP contribution in [0.5, 0.6) is 0 Å². The van der Waals surface area contributed by atoms with Gasteiger partial charge in [0.1, 0.15) is 8.07 Å². The van der Waals surface area contributed by atoms with E-state index in [0.717, 1.165) is 12.8 Å². The first-order chi connectivity index (χ1) is 6.95. The van der Waals surface area contributed by atoms with E-state index in [2.05, 4.69) is 44.6 Å². The Hall–Kier alpha value is -0.483. The molecule has 0 radical (unpaired) electrons. The van der Waals surface area contributed by atoms with Crippen LogP contribution in [0.1, 0.15) is 45.4 Å². The van der Waals surface area contributed by atoms with Crippen molar-refractivity contribution in [1.82, 2.24) is 0 Å². The lowest BCUT2D eigenvalue weighted by atomic mass is 10.1. The summed E-state index contributed by atoms with van der Waals surface area (Å²) in [5, 5.41) is 0. The minimum absolute atomic E-state index is 1.01. The van der Waals surface area contributed by atoms with E-state index in [9.17, 15) is 0 Å². The normalized spacial score (nSPS) is 10.7. The van der Waals surface area contributed by atoms with Crippen LogP contribution in [0.4, 0.5) is 0 Å². The predicted octanol–water partition coefficient (Wildman–Crippen LogP) is 4.78. The summed E-state index contributed by atoms with van der Waals surface area (Å²) >= 11 is 0. The summed E-state index contributed by atoms with van der Waals surface area (Å²) in [6.45, 7) is 13.2. The predicted molar refractivity (Wildman–Crippen MR) is 73.6 cm³/mol. The van der Waals surface area contributed by atoms with Crippen LogP contribution < -0.4 is 0 Å². The van der Waals surface area contributed by atoms with Crippen LogP contribution in [0.15, 0.2) is 12.2 Å². The summed E-state index contributed by atoms with van der Waals surface area (Å²) in [6.07, 6.45) is 7.23. The molecule has 0 N–H and O–H groups in total. The minimum atomic E-state index is -1.15. The molecule has 0 aliphatic rings. The molecular weight excluding hydrogens is 196 g/mol. The molecule has 0 saturated carbocycles. The first-order valence-corrected chi connectivity index (χ1v) is 9.62. The molecule has 0 amide bonds. The van der Waals surface area contributed by atoms with Gasteiger partial charge in [-0.2, -0.15) is 0 Å². The van der Waals surface area contributed by atoms with Crippen molar-refractivity contribution >= 4 is 8.07 Å². The summed E-state index contributed by atoms with van der Waals surface area (Å²) in [4.78, 5) is 0. The van der Waals surface area contributed by atoms with Gasteiger partial charge in [0.25, 0.3) is 0 Å². The second-order valence-electron chi connectivity index (χ2n) is 5.26. The van der Waals surface area contributed by atoms with E-state index in [1.807, 2.05) is 0 Å². The highest BCUT2D eigenvalue weighted by Crippen LogP contribution is 2.12. The molecule has 0 rings (SSSR count). The summed E-state index contributed by atoms with van der Waals surface area (Å²) < 4.78 is 0. The Morgan fingerprint density at radius 2 is 1.80 bits per heavy atom. The smallest absolute Gasteiger partial charge is 0.129 e. The van der Waals surface area contributed by atoms with E-state index in [1.165, 1.54) is 31.3 Å². The minimum Gasteiger partial charge on any atom is -0.132 e. The molecule has 0 aromatic carbocycles. The zero-order chi connectivity index (χ0) is 11.7. The summed E-state index contributed by atoms with van der Waals surface area (Å²) in [5.41, 5.74) is 4.77. The van der Waals surface area contributed by atoms with E-state index in [4.69, 9.17) is 0 Å². The highest BCUT2D eigenvalue weighted by Gasteiger charge is 2.06. The summed E-state index contributed by atoms with van der Waals surface area (Å²) in [6, 6.07) is 0. The quantitative estimate of drug-likeness (QED) is 0.262. The first kappa shape index (κ1) is 14.5. The molecule has 0 nitrogen and oxygen atoms in total. The standard InChI is InChI=1S/C14H26Si/c1-6-7-8-11-14(2)12-9-10-13-15(3,4)5/h2,6-9,11-12H2,1,3-5H3. The molecular formula is C14H26Si. The second kappa shape index (κ2) is 7.76. The Labute approximate surface area is 97.2 Å². The number of hydrogen-bond acceptors (Lipinski definition) is 0. The van der Waals surface area contributed by atoms with Gasteiger partial charge in [0.15, 0.2) is 0 Å². The molecule has 0 saturated heterocycles. The van der Waals surface area contributed by atoms with Crippen LogP contribution in [-0.2, 0) is 0 Å². The second-order valence-corrected chi connectivity index (χ2v) is 10.0. The molecule has 0 aliphatic heterocycles. The SMILES string of the molecule is C=C(CCC#C[Si](C)(C)C)CCCCC. The van der Waals surface area contributed by atoms with E-state index in [-0.39, 0.29) is 0 Å². The molecule has 86 valence electrons. The van der Waals surface area contributed by atoms with Crippen LogP contribution in [-0.4, -0.2) is 8.07 Å². The molecule has 0 bridgehead atoms. The Bertz CT molecular complexity index is 234. The third kappa shape index (κ3) is 11.4. The van der Waals surface area contributed by atoms with Gasteiger partial charge in [-0.1, -0.05) is 51.6 Å². The van der Waals surface area contributed by atoms with E-state index in [0.29, 0.717) is 0 Å². The van der Waals surface area contributed by atoms with Crippen molar-refractivity contribution in [2.45, 2.75) is 65.1 Å². The zero-order valence-electron chi connectivity index (χ0n) is 10.9. The third-order valence-electron chi connectivity index (χ3n) is 2.20. The Balaban J connectivity index is 3.58. The molecule has 0 aliphatic carbocycles. The molecule has 0 fully saturated rings. The van der Waals surface area contributed by atoms with Gasteiger partial charge in [-0.3, -0.25) is 0 Å². The average Bonchev–Trinajstić information content (AvgIpc) is 2.11.